The first-order chi connectivity index (χ1) is 10.0. The van der Waals surface area contributed by atoms with Crippen LogP contribution in [0.5, 0.6) is 0 Å². The van der Waals surface area contributed by atoms with Gasteiger partial charge in [-0.1, -0.05) is 29.8 Å². The van der Waals surface area contributed by atoms with E-state index in [0.29, 0.717) is 24.1 Å². The SMILES string of the molecule is Cc1cccc(C(N)c2cc(F)cc3c2NC(=O)CC3)c1. The van der Waals surface area contributed by atoms with Gasteiger partial charge in [-0.2, -0.15) is 0 Å². The van der Waals surface area contributed by atoms with Gasteiger partial charge in [0.1, 0.15) is 5.82 Å². The molecule has 0 saturated carbocycles. The molecule has 2 aromatic rings. The van der Waals surface area contributed by atoms with E-state index in [0.717, 1.165) is 16.7 Å². The Labute approximate surface area is 123 Å². The van der Waals surface area contributed by atoms with Gasteiger partial charge in [0, 0.05) is 17.7 Å². The van der Waals surface area contributed by atoms with Crippen molar-refractivity contribution in [2.75, 3.05) is 5.32 Å². The summed E-state index contributed by atoms with van der Waals surface area (Å²) in [7, 11) is 0. The molecule has 3 nitrogen and oxygen atoms in total. The summed E-state index contributed by atoms with van der Waals surface area (Å²) in [4.78, 5) is 11.6. The van der Waals surface area contributed by atoms with Crippen LogP contribution in [0.25, 0.3) is 0 Å². The maximum absolute atomic E-state index is 13.8. The first-order valence-electron chi connectivity index (χ1n) is 6.99. The minimum atomic E-state index is -0.465. The fourth-order valence-corrected chi connectivity index (χ4v) is 2.77. The number of benzene rings is 2. The predicted molar refractivity (Wildman–Crippen MR) is 80.6 cm³/mol. The number of halogens is 1. The molecule has 0 bridgehead atoms. The molecule has 0 fully saturated rings. The number of carbonyl (C=O) groups excluding carboxylic acids is 1. The standard InChI is InChI=1S/C17H17FN2O/c1-10-3-2-4-11(7-10)16(19)14-9-13(18)8-12-5-6-15(21)20-17(12)14/h2-4,7-9,16H,5-6,19H2,1H3,(H,20,21). The molecule has 1 atom stereocenters. The number of nitrogens with one attached hydrogen (secondary N) is 1. The van der Waals surface area contributed by atoms with Crippen LogP contribution in [0, 0.1) is 12.7 Å². The second kappa shape index (κ2) is 5.30. The fourth-order valence-electron chi connectivity index (χ4n) is 2.77. The Morgan fingerprint density at radius 1 is 1.24 bits per heavy atom. The largest absolute Gasteiger partial charge is 0.325 e. The van der Waals surface area contributed by atoms with Gasteiger partial charge in [-0.3, -0.25) is 4.79 Å². The lowest BCUT2D eigenvalue weighted by Gasteiger charge is -2.24. The Morgan fingerprint density at radius 2 is 2.05 bits per heavy atom. The van der Waals surface area contributed by atoms with Crippen LogP contribution in [0.2, 0.25) is 0 Å². The Balaban J connectivity index is 2.09. The molecule has 1 aliphatic rings. The third kappa shape index (κ3) is 2.67. The molecular formula is C17H17FN2O. The summed E-state index contributed by atoms with van der Waals surface area (Å²) >= 11 is 0. The van der Waals surface area contributed by atoms with Crippen LogP contribution < -0.4 is 11.1 Å². The summed E-state index contributed by atoms with van der Waals surface area (Å²) in [5.41, 5.74) is 10.4. The Morgan fingerprint density at radius 3 is 2.81 bits per heavy atom. The minimum absolute atomic E-state index is 0.0493. The molecule has 0 aliphatic carbocycles. The first-order valence-corrected chi connectivity index (χ1v) is 6.99. The van der Waals surface area contributed by atoms with Crippen LogP contribution in [-0.2, 0) is 11.2 Å². The second-order valence-electron chi connectivity index (χ2n) is 5.47. The van der Waals surface area contributed by atoms with E-state index in [2.05, 4.69) is 5.32 Å². The van der Waals surface area contributed by atoms with Crippen LogP contribution in [0.4, 0.5) is 10.1 Å². The van der Waals surface area contributed by atoms with Gasteiger partial charge in [-0.15, -0.1) is 0 Å². The number of hydrogen-bond donors (Lipinski definition) is 2. The molecule has 0 saturated heterocycles. The Hall–Kier alpha value is -2.20. The van der Waals surface area contributed by atoms with Crippen LogP contribution in [-0.4, -0.2) is 5.91 Å². The molecule has 1 heterocycles. The number of fused-ring (bicyclic) bond motifs is 1. The molecule has 3 N–H and O–H groups in total. The highest BCUT2D eigenvalue weighted by Gasteiger charge is 2.23. The molecule has 0 radical (unpaired) electrons. The molecule has 1 unspecified atom stereocenters. The van der Waals surface area contributed by atoms with Crippen molar-refractivity contribution in [3.63, 3.8) is 0 Å². The maximum Gasteiger partial charge on any atom is 0.224 e. The number of amides is 1. The molecule has 0 aromatic heterocycles. The molecule has 0 spiro atoms. The Bertz CT molecular complexity index is 712. The highest BCUT2D eigenvalue weighted by atomic mass is 19.1. The van der Waals surface area contributed by atoms with E-state index in [4.69, 9.17) is 5.73 Å². The van der Waals surface area contributed by atoms with E-state index in [1.54, 1.807) is 0 Å². The lowest BCUT2D eigenvalue weighted by atomic mass is 9.91. The van der Waals surface area contributed by atoms with Crippen molar-refractivity contribution in [1.29, 1.82) is 0 Å². The van der Waals surface area contributed by atoms with Crippen molar-refractivity contribution in [1.82, 2.24) is 0 Å². The normalized spacial score (nSPS) is 15.3. The van der Waals surface area contributed by atoms with Crippen molar-refractivity contribution in [2.24, 2.45) is 5.73 Å². The Kier molecular flexibility index (Phi) is 3.47. The summed E-state index contributed by atoms with van der Waals surface area (Å²) in [5.74, 6) is -0.366. The summed E-state index contributed by atoms with van der Waals surface area (Å²) in [6, 6.07) is 10.2. The van der Waals surface area contributed by atoms with Gasteiger partial charge < -0.3 is 11.1 Å². The van der Waals surface area contributed by atoms with E-state index in [1.807, 2.05) is 31.2 Å². The number of nitrogens with two attached hydrogens (primary N) is 1. The van der Waals surface area contributed by atoms with E-state index in [-0.39, 0.29) is 11.7 Å². The molecule has 1 amide bonds. The third-order valence-corrected chi connectivity index (χ3v) is 3.84. The molecule has 2 aromatic carbocycles. The van der Waals surface area contributed by atoms with Crippen LogP contribution in [0.3, 0.4) is 0 Å². The van der Waals surface area contributed by atoms with Crippen molar-refractivity contribution in [2.45, 2.75) is 25.8 Å². The van der Waals surface area contributed by atoms with E-state index >= 15 is 0 Å². The summed E-state index contributed by atoms with van der Waals surface area (Å²) < 4.78 is 13.8. The average Bonchev–Trinajstić information content (AvgIpc) is 2.46. The van der Waals surface area contributed by atoms with E-state index in [1.165, 1.54) is 12.1 Å². The highest BCUT2D eigenvalue weighted by molar-refractivity contribution is 5.95. The molecule has 1 aliphatic heterocycles. The molecule has 21 heavy (non-hydrogen) atoms. The quantitative estimate of drug-likeness (QED) is 0.890. The van der Waals surface area contributed by atoms with Gasteiger partial charge in [0.25, 0.3) is 0 Å². The number of hydrogen-bond acceptors (Lipinski definition) is 2. The lowest BCUT2D eigenvalue weighted by Crippen LogP contribution is -2.23. The van der Waals surface area contributed by atoms with Crippen molar-refractivity contribution >= 4 is 11.6 Å². The predicted octanol–water partition coefficient (Wildman–Crippen LogP) is 3.07. The topological polar surface area (TPSA) is 55.1 Å². The van der Waals surface area contributed by atoms with Crippen LogP contribution in [0.1, 0.15) is 34.7 Å². The molecule has 3 rings (SSSR count). The first kappa shape index (κ1) is 13.8. The van der Waals surface area contributed by atoms with Crippen molar-refractivity contribution < 1.29 is 9.18 Å². The smallest absolute Gasteiger partial charge is 0.224 e. The molecule has 4 heteroatoms. The number of aryl methyl sites for hydroxylation is 2. The van der Waals surface area contributed by atoms with Gasteiger partial charge >= 0.3 is 0 Å². The van der Waals surface area contributed by atoms with Gasteiger partial charge in [0.05, 0.1) is 6.04 Å². The van der Waals surface area contributed by atoms with Gasteiger partial charge in [0.15, 0.2) is 0 Å². The van der Waals surface area contributed by atoms with Crippen molar-refractivity contribution in [3.05, 3.63) is 64.5 Å². The number of carbonyl (C=O) groups is 1. The van der Waals surface area contributed by atoms with Gasteiger partial charge in [0.2, 0.25) is 5.91 Å². The van der Waals surface area contributed by atoms with Crippen LogP contribution >= 0.6 is 0 Å². The zero-order valence-electron chi connectivity index (χ0n) is 11.8. The second-order valence-corrected chi connectivity index (χ2v) is 5.47. The van der Waals surface area contributed by atoms with E-state index in [9.17, 15) is 9.18 Å². The third-order valence-electron chi connectivity index (χ3n) is 3.84. The lowest BCUT2D eigenvalue weighted by molar-refractivity contribution is -0.116. The minimum Gasteiger partial charge on any atom is -0.325 e. The van der Waals surface area contributed by atoms with Gasteiger partial charge in [-0.05, 0) is 36.6 Å². The zero-order valence-corrected chi connectivity index (χ0v) is 11.8. The average molecular weight is 284 g/mol. The van der Waals surface area contributed by atoms with E-state index < -0.39 is 6.04 Å². The summed E-state index contributed by atoms with van der Waals surface area (Å²) in [6.07, 6.45) is 0.933. The number of rotatable bonds is 2. The summed E-state index contributed by atoms with van der Waals surface area (Å²) in [6.45, 7) is 1.99. The van der Waals surface area contributed by atoms with Crippen LogP contribution in [0.15, 0.2) is 36.4 Å². The monoisotopic (exact) mass is 284 g/mol. The van der Waals surface area contributed by atoms with Crippen molar-refractivity contribution in [3.8, 4) is 0 Å². The molecule has 108 valence electrons. The highest BCUT2D eigenvalue weighted by Crippen LogP contribution is 2.33. The fraction of sp³-hybridized carbons (Fsp3) is 0.235. The molecular weight excluding hydrogens is 267 g/mol. The maximum atomic E-state index is 13.8. The number of anilines is 1. The van der Waals surface area contributed by atoms with Gasteiger partial charge in [-0.25, -0.2) is 4.39 Å². The summed E-state index contributed by atoms with van der Waals surface area (Å²) in [5, 5.41) is 2.84. The zero-order chi connectivity index (χ0) is 15.0.